The van der Waals surface area contributed by atoms with Crippen molar-refractivity contribution in [3.05, 3.63) is 107 Å². The van der Waals surface area contributed by atoms with Crippen molar-refractivity contribution in [2.45, 2.75) is 25.7 Å². The quantitative estimate of drug-likeness (QED) is 0.204. The van der Waals surface area contributed by atoms with Crippen molar-refractivity contribution in [3.8, 4) is 5.75 Å². The van der Waals surface area contributed by atoms with Crippen LogP contribution in [-0.4, -0.2) is 35.0 Å². The molecule has 0 bridgehead atoms. The van der Waals surface area contributed by atoms with Gasteiger partial charge < -0.3 is 14.7 Å². The second kappa shape index (κ2) is 11.8. The van der Waals surface area contributed by atoms with Gasteiger partial charge in [-0.1, -0.05) is 59.8 Å². The van der Waals surface area contributed by atoms with E-state index in [0.717, 1.165) is 41.7 Å². The SMILES string of the molecule is O=C(O)COc1cccc2c1CCC(C=CCON=C(Cc1cccnc1)c1ccccc1)C2. The molecule has 0 fully saturated rings. The van der Waals surface area contributed by atoms with Crippen molar-refractivity contribution in [1.82, 2.24) is 4.98 Å². The summed E-state index contributed by atoms with van der Waals surface area (Å²) < 4.78 is 5.46. The van der Waals surface area contributed by atoms with E-state index in [0.29, 0.717) is 24.7 Å². The Morgan fingerprint density at radius 3 is 2.79 bits per heavy atom. The first-order valence-electron chi connectivity index (χ1n) is 11.4. The molecular formula is C28H28N2O4. The molecule has 1 heterocycles. The van der Waals surface area contributed by atoms with Crippen LogP contribution in [0.5, 0.6) is 5.75 Å². The number of fused-ring (bicyclic) bond motifs is 1. The van der Waals surface area contributed by atoms with Gasteiger partial charge in [0.05, 0.1) is 5.71 Å². The van der Waals surface area contributed by atoms with Crippen molar-refractivity contribution < 1.29 is 19.5 Å². The predicted molar refractivity (Wildman–Crippen MR) is 131 cm³/mol. The second-order valence-corrected chi connectivity index (χ2v) is 8.25. The number of carboxylic acid groups (broad SMARTS) is 1. The van der Waals surface area contributed by atoms with Gasteiger partial charge in [-0.05, 0) is 65.6 Å². The molecule has 3 aromatic rings. The standard InChI is InChI=1S/C28H28N2O4/c31-28(32)20-33-27-12-4-11-24-17-21(13-14-25(24)27)8-6-16-34-30-26(23-9-2-1-3-10-23)18-22-7-5-15-29-19-22/h1-12,15,19,21H,13-14,16-18,20H2,(H,31,32). The molecule has 4 rings (SSSR count). The zero-order valence-corrected chi connectivity index (χ0v) is 19.0. The highest BCUT2D eigenvalue weighted by Gasteiger charge is 2.20. The van der Waals surface area contributed by atoms with E-state index in [4.69, 9.17) is 14.7 Å². The minimum Gasteiger partial charge on any atom is -0.482 e. The van der Waals surface area contributed by atoms with E-state index in [1.165, 1.54) is 5.56 Å². The number of aromatic nitrogens is 1. The van der Waals surface area contributed by atoms with Crippen molar-refractivity contribution in [1.29, 1.82) is 0 Å². The van der Waals surface area contributed by atoms with Gasteiger partial charge in [-0.25, -0.2) is 4.79 Å². The predicted octanol–water partition coefficient (Wildman–Crippen LogP) is 4.87. The van der Waals surface area contributed by atoms with Crippen LogP contribution in [0.15, 0.2) is 90.4 Å². The average molecular weight is 457 g/mol. The fourth-order valence-corrected chi connectivity index (χ4v) is 4.16. The van der Waals surface area contributed by atoms with E-state index in [9.17, 15) is 4.79 Å². The molecule has 0 saturated carbocycles. The van der Waals surface area contributed by atoms with Crippen LogP contribution in [0.3, 0.4) is 0 Å². The molecule has 6 heteroatoms. The highest BCUT2D eigenvalue weighted by atomic mass is 16.6. The molecule has 0 aliphatic heterocycles. The third kappa shape index (κ3) is 6.54. The van der Waals surface area contributed by atoms with Gasteiger partial charge in [0.15, 0.2) is 6.61 Å². The molecule has 1 aliphatic carbocycles. The van der Waals surface area contributed by atoms with Gasteiger partial charge in [-0.2, -0.15) is 0 Å². The summed E-state index contributed by atoms with van der Waals surface area (Å²) in [4.78, 5) is 20.7. The van der Waals surface area contributed by atoms with Gasteiger partial charge in [0.1, 0.15) is 12.4 Å². The van der Waals surface area contributed by atoms with Gasteiger partial charge >= 0.3 is 5.97 Å². The number of benzene rings is 2. The summed E-state index contributed by atoms with van der Waals surface area (Å²) in [6, 6.07) is 19.8. The Balaban J connectivity index is 1.34. The van der Waals surface area contributed by atoms with Gasteiger partial charge in [-0.3, -0.25) is 4.98 Å². The maximum atomic E-state index is 10.8. The first-order valence-corrected chi connectivity index (χ1v) is 11.4. The lowest BCUT2D eigenvalue weighted by Crippen LogP contribution is -2.16. The fraction of sp³-hybridized carbons (Fsp3) is 0.250. The molecule has 1 N–H and O–H groups in total. The number of aliphatic carboxylic acids is 1. The van der Waals surface area contributed by atoms with Crippen LogP contribution in [0.4, 0.5) is 0 Å². The Morgan fingerprint density at radius 2 is 2.00 bits per heavy atom. The molecule has 1 atom stereocenters. The fourth-order valence-electron chi connectivity index (χ4n) is 4.16. The summed E-state index contributed by atoms with van der Waals surface area (Å²) in [7, 11) is 0. The Bertz CT molecular complexity index is 1140. The summed E-state index contributed by atoms with van der Waals surface area (Å²) in [6.45, 7) is 0.0812. The smallest absolute Gasteiger partial charge is 0.341 e. The first kappa shape index (κ1) is 23.2. The van der Waals surface area contributed by atoms with Gasteiger partial charge in [0.25, 0.3) is 0 Å². The Morgan fingerprint density at radius 1 is 1.12 bits per heavy atom. The third-order valence-electron chi connectivity index (χ3n) is 5.78. The normalized spacial score (nSPS) is 15.6. The van der Waals surface area contributed by atoms with E-state index >= 15 is 0 Å². The molecule has 1 aliphatic rings. The Labute approximate surface area is 199 Å². The van der Waals surface area contributed by atoms with Crippen LogP contribution in [-0.2, 0) is 28.9 Å². The van der Waals surface area contributed by atoms with Gasteiger partial charge in [0.2, 0.25) is 0 Å². The van der Waals surface area contributed by atoms with E-state index in [1.54, 1.807) is 6.20 Å². The Hall–Kier alpha value is -3.93. The number of carbonyl (C=O) groups is 1. The molecular weight excluding hydrogens is 428 g/mol. The van der Waals surface area contributed by atoms with Crippen molar-refractivity contribution in [2.24, 2.45) is 11.1 Å². The highest BCUT2D eigenvalue weighted by Crippen LogP contribution is 2.32. The molecule has 34 heavy (non-hydrogen) atoms. The summed E-state index contributed by atoms with van der Waals surface area (Å²) >= 11 is 0. The molecule has 174 valence electrons. The summed E-state index contributed by atoms with van der Waals surface area (Å²) in [5.74, 6) is 0.119. The number of hydrogen-bond donors (Lipinski definition) is 1. The van der Waals surface area contributed by atoms with Crippen LogP contribution in [0.25, 0.3) is 0 Å². The van der Waals surface area contributed by atoms with E-state index < -0.39 is 5.97 Å². The maximum absolute atomic E-state index is 10.8. The monoisotopic (exact) mass is 456 g/mol. The molecule has 1 aromatic heterocycles. The van der Waals surface area contributed by atoms with Crippen molar-refractivity contribution in [3.63, 3.8) is 0 Å². The van der Waals surface area contributed by atoms with Crippen LogP contribution in [0, 0.1) is 5.92 Å². The van der Waals surface area contributed by atoms with E-state index in [1.807, 2.05) is 66.9 Å². The van der Waals surface area contributed by atoms with Crippen LogP contribution >= 0.6 is 0 Å². The lowest BCUT2D eigenvalue weighted by Gasteiger charge is -2.24. The van der Waals surface area contributed by atoms with Crippen LogP contribution < -0.4 is 4.74 Å². The highest BCUT2D eigenvalue weighted by molar-refractivity contribution is 6.01. The number of pyridine rings is 1. The van der Waals surface area contributed by atoms with E-state index in [-0.39, 0.29) is 6.61 Å². The number of oxime groups is 1. The lowest BCUT2D eigenvalue weighted by atomic mass is 9.83. The number of carboxylic acids is 1. The van der Waals surface area contributed by atoms with Crippen molar-refractivity contribution in [2.75, 3.05) is 13.2 Å². The number of rotatable bonds is 10. The third-order valence-corrected chi connectivity index (χ3v) is 5.78. The largest absolute Gasteiger partial charge is 0.482 e. The number of allylic oxidation sites excluding steroid dienone is 1. The zero-order valence-electron chi connectivity index (χ0n) is 19.0. The van der Waals surface area contributed by atoms with E-state index in [2.05, 4.69) is 22.3 Å². The summed E-state index contributed by atoms with van der Waals surface area (Å²) in [6.07, 6.45) is 11.2. The van der Waals surface area contributed by atoms with Crippen LogP contribution in [0.2, 0.25) is 0 Å². The second-order valence-electron chi connectivity index (χ2n) is 8.25. The van der Waals surface area contributed by atoms with Crippen LogP contribution in [0.1, 0.15) is 28.7 Å². The number of ether oxygens (including phenoxy) is 1. The lowest BCUT2D eigenvalue weighted by molar-refractivity contribution is -0.139. The molecule has 0 amide bonds. The molecule has 0 saturated heterocycles. The molecule has 0 radical (unpaired) electrons. The Kier molecular flexibility index (Phi) is 8.06. The zero-order chi connectivity index (χ0) is 23.6. The topological polar surface area (TPSA) is 81.0 Å². The molecule has 0 spiro atoms. The molecule has 6 nitrogen and oxygen atoms in total. The maximum Gasteiger partial charge on any atom is 0.341 e. The molecule has 1 unspecified atom stereocenters. The van der Waals surface area contributed by atoms with Crippen molar-refractivity contribution >= 4 is 11.7 Å². The minimum atomic E-state index is -0.965. The average Bonchev–Trinajstić information content (AvgIpc) is 2.87. The summed E-state index contributed by atoms with van der Waals surface area (Å²) in [5.41, 5.74) is 5.31. The summed E-state index contributed by atoms with van der Waals surface area (Å²) in [5, 5.41) is 13.3. The number of nitrogens with zero attached hydrogens (tertiary/aromatic N) is 2. The number of hydrogen-bond acceptors (Lipinski definition) is 5. The van der Waals surface area contributed by atoms with Gasteiger partial charge in [-0.15, -0.1) is 0 Å². The van der Waals surface area contributed by atoms with Gasteiger partial charge in [0, 0.05) is 18.8 Å². The minimum absolute atomic E-state index is 0.316. The first-order chi connectivity index (χ1) is 16.7. The molecule has 2 aromatic carbocycles.